The lowest BCUT2D eigenvalue weighted by Crippen LogP contribution is -2.49. The second-order valence-corrected chi connectivity index (χ2v) is 13.0. The van der Waals surface area contributed by atoms with Crippen LogP contribution in [-0.4, -0.2) is 66.2 Å². The lowest BCUT2D eigenvalue weighted by Gasteiger charge is -2.38. The van der Waals surface area contributed by atoms with Crippen LogP contribution in [0.5, 0.6) is 0 Å². The normalized spacial score (nSPS) is 15.0. The van der Waals surface area contributed by atoms with Gasteiger partial charge in [0, 0.05) is 50.9 Å². The molecule has 1 fully saturated rings. The van der Waals surface area contributed by atoms with E-state index < -0.39 is 10.0 Å². The van der Waals surface area contributed by atoms with E-state index in [9.17, 15) is 12.8 Å². The largest absolute Gasteiger partial charge is 0.354 e. The molecule has 1 aromatic heterocycles. The fraction of sp³-hybridized carbons (Fsp3) is 0.516. The molecule has 0 bridgehead atoms. The highest BCUT2D eigenvalue weighted by Crippen LogP contribution is 2.33. The molecular formula is C31H44FN5O2S. The average molecular weight is 570 g/mol. The summed E-state index contributed by atoms with van der Waals surface area (Å²) < 4.78 is 45.8. The van der Waals surface area contributed by atoms with Crippen LogP contribution in [0.3, 0.4) is 0 Å². The van der Waals surface area contributed by atoms with E-state index in [0.29, 0.717) is 30.3 Å². The monoisotopic (exact) mass is 569 g/mol. The highest BCUT2D eigenvalue weighted by molar-refractivity contribution is 7.89. The highest BCUT2D eigenvalue weighted by Gasteiger charge is 2.33. The summed E-state index contributed by atoms with van der Waals surface area (Å²) in [6, 6.07) is 10.7. The Hall–Kier alpha value is -2.75. The second-order valence-electron chi connectivity index (χ2n) is 11.2. The third kappa shape index (κ3) is 6.11. The smallest absolute Gasteiger partial charge is 0.243 e. The van der Waals surface area contributed by atoms with Crippen LogP contribution < -0.4 is 4.90 Å². The number of sulfonamides is 1. The first kappa shape index (κ1) is 30.2. The number of aryl methyl sites for hydroxylation is 4. The van der Waals surface area contributed by atoms with Crippen molar-refractivity contribution in [3.8, 4) is 5.69 Å². The predicted molar refractivity (Wildman–Crippen MR) is 160 cm³/mol. The topological polar surface area (TPSA) is 61.7 Å². The second kappa shape index (κ2) is 12.4. The van der Waals surface area contributed by atoms with E-state index >= 15 is 0 Å². The number of halogens is 1. The first-order chi connectivity index (χ1) is 19.0. The van der Waals surface area contributed by atoms with Crippen molar-refractivity contribution in [2.45, 2.75) is 78.8 Å². The molecule has 0 atom stereocenters. The Labute approximate surface area is 239 Å². The van der Waals surface area contributed by atoms with E-state index in [1.807, 2.05) is 51.4 Å². The maximum Gasteiger partial charge on any atom is 0.243 e. The summed E-state index contributed by atoms with van der Waals surface area (Å²) in [6.07, 6.45) is 1.35. The van der Waals surface area contributed by atoms with Crippen molar-refractivity contribution in [2.24, 2.45) is 0 Å². The molecule has 7 nitrogen and oxygen atoms in total. The molecule has 3 aromatic rings. The number of hydrogen-bond donors (Lipinski definition) is 0. The minimum absolute atomic E-state index is 0.229. The van der Waals surface area contributed by atoms with Gasteiger partial charge in [0.1, 0.15) is 11.6 Å². The van der Waals surface area contributed by atoms with Gasteiger partial charge in [-0.25, -0.2) is 17.5 Å². The first-order valence-electron chi connectivity index (χ1n) is 14.4. The fourth-order valence-corrected chi connectivity index (χ4v) is 7.79. The quantitative estimate of drug-likeness (QED) is 0.317. The van der Waals surface area contributed by atoms with Gasteiger partial charge in [0.05, 0.1) is 16.3 Å². The number of benzene rings is 2. The molecule has 40 heavy (non-hydrogen) atoms. The summed E-state index contributed by atoms with van der Waals surface area (Å²) in [5, 5.41) is 4.99. The number of piperazine rings is 1. The van der Waals surface area contributed by atoms with Gasteiger partial charge in [-0.1, -0.05) is 31.5 Å². The van der Waals surface area contributed by atoms with E-state index in [2.05, 4.69) is 23.6 Å². The van der Waals surface area contributed by atoms with Crippen LogP contribution in [0.15, 0.2) is 41.3 Å². The van der Waals surface area contributed by atoms with Gasteiger partial charge in [-0.3, -0.25) is 4.90 Å². The minimum atomic E-state index is -3.77. The van der Waals surface area contributed by atoms with Gasteiger partial charge in [-0.15, -0.1) is 0 Å². The van der Waals surface area contributed by atoms with Crippen LogP contribution in [0.4, 0.5) is 10.2 Å². The Bertz CT molecular complexity index is 1400. The third-order valence-electron chi connectivity index (χ3n) is 7.80. The lowest BCUT2D eigenvalue weighted by molar-refractivity contribution is 0.208. The molecule has 0 aliphatic carbocycles. The third-order valence-corrected chi connectivity index (χ3v) is 9.95. The Morgan fingerprint density at radius 2 is 1.57 bits per heavy atom. The molecule has 2 aromatic carbocycles. The maximum absolute atomic E-state index is 14.2. The van der Waals surface area contributed by atoms with Gasteiger partial charge in [0.2, 0.25) is 10.0 Å². The number of rotatable bonds is 10. The molecule has 0 N–H and O–H groups in total. The van der Waals surface area contributed by atoms with Crippen LogP contribution in [0.25, 0.3) is 5.69 Å². The summed E-state index contributed by atoms with van der Waals surface area (Å²) in [5.74, 6) is 0.600. The Kier molecular flexibility index (Phi) is 9.37. The standard InChI is InChI=1S/C31H44FN5O2S/c1-8-14-36(40(38,39)30-24(6)19-23(5)20-25(30)7)21-28-29(9-2)33-37(27-12-10-26(32)11-13-27)31(28)35-17-15-34(16-18-35)22(3)4/h10-13,19-20,22H,8-9,14-18,21H2,1-7H3. The van der Waals surface area contributed by atoms with E-state index in [-0.39, 0.29) is 12.4 Å². The zero-order valence-corrected chi connectivity index (χ0v) is 25.9. The molecule has 0 saturated carbocycles. The Morgan fingerprint density at radius 1 is 0.975 bits per heavy atom. The number of anilines is 1. The summed E-state index contributed by atoms with van der Waals surface area (Å²) in [4.78, 5) is 5.16. The molecule has 0 spiro atoms. The molecule has 0 unspecified atom stereocenters. The van der Waals surface area contributed by atoms with Crippen LogP contribution in [0, 0.1) is 26.6 Å². The molecule has 218 valence electrons. The van der Waals surface area contributed by atoms with Gasteiger partial charge in [-0.2, -0.15) is 9.40 Å². The predicted octanol–water partition coefficient (Wildman–Crippen LogP) is 5.63. The van der Waals surface area contributed by atoms with Crippen LogP contribution >= 0.6 is 0 Å². The molecule has 2 heterocycles. The molecule has 9 heteroatoms. The molecule has 0 radical (unpaired) electrons. The number of nitrogens with zero attached hydrogens (tertiary/aromatic N) is 5. The van der Waals surface area contributed by atoms with Gasteiger partial charge in [0.25, 0.3) is 0 Å². The number of aromatic nitrogens is 2. The van der Waals surface area contributed by atoms with Crippen molar-refractivity contribution < 1.29 is 12.8 Å². The van der Waals surface area contributed by atoms with E-state index in [1.165, 1.54) is 12.1 Å². The molecule has 4 rings (SSSR count). The highest BCUT2D eigenvalue weighted by atomic mass is 32.2. The van der Waals surface area contributed by atoms with Crippen molar-refractivity contribution in [1.82, 2.24) is 19.0 Å². The summed E-state index contributed by atoms with van der Waals surface area (Å²) in [5.41, 5.74) is 5.12. The Morgan fingerprint density at radius 3 is 2.10 bits per heavy atom. The van der Waals surface area contributed by atoms with Crippen LogP contribution in [0.2, 0.25) is 0 Å². The summed E-state index contributed by atoms with van der Waals surface area (Å²) >= 11 is 0. The molecule has 1 aliphatic heterocycles. The zero-order valence-electron chi connectivity index (χ0n) is 25.0. The van der Waals surface area contributed by atoms with Gasteiger partial charge in [0.15, 0.2) is 0 Å². The van der Waals surface area contributed by atoms with Crippen LogP contribution in [0.1, 0.15) is 62.1 Å². The van der Waals surface area contributed by atoms with Crippen molar-refractivity contribution >= 4 is 15.8 Å². The van der Waals surface area contributed by atoms with E-state index in [1.54, 1.807) is 16.4 Å². The summed E-state index contributed by atoms with van der Waals surface area (Å²) in [6.45, 7) is 18.3. The van der Waals surface area contributed by atoms with Crippen molar-refractivity contribution in [1.29, 1.82) is 0 Å². The van der Waals surface area contributed by atoms with E-state index in [0.717, 1.165) is 65.6 Å². The van der Waals surface area contributed by atoms with Crippen LogP contribution in [-0.2, 0) is 23.0 Å². The number of hydrogen-bond acceptors (Lipinski definition) is 5. The molecular weight excluding hydrogens is 525 g/mol. The van der Waals surface area contributed by atoms with Crippen molar-refractivity contribution in [3.05, 3.63) is 70.2 Å². The molecule has 1 aliphatic rings. The lowest BCUT2D eigenvalue weighted by atomic mass is 10.1. The average Bonchev–Trinajstić information content (AvgIpc) is 3.26. The SMILES string of the molecule is CCCN(Cc1c(CC)nn(-c2ccc(F)cc2)c1N1CCN(C(C)C)CC1)S(=O)(=O)c1c(C)cc(C)cc1C. The first-order valence-corrected chi connectivity index (χ1v) is 15.9. The maximum atomic E-state index is 14.2. The zero-order chi connectivity index (χ0) is 29.2. The van der Waals surface area contributed by atoms with Gasteiger partial charge < -0.3 is 4.90 Å². The molecule has 0 amide bonds. The molecule has 1 saturated heterocycles. The Balaban J connectivity index is 1.84. The fourth-order valence-electron chi connectivity index (χ4n) is 5.88. The van der Waals surface area contributed by atoms with Gasteiger partial charge >= 0.3 is 0 Å². The van der Waals surface area contributed by atoms with E-state index in [4.69, 9.17) is 5.10 Å². The minimum Gasteiger partial charge on any atom is -0.354 e. The van der Waals surface area contributed by atoms with Crippen molar-refractivity contribution in [3.63, 3.8) is 0 Å². The van der Waals surface area contributed by atoms with Crippen molar-refractivity contribution in [2.75, 3.05) is 37.6 Å². The summed E-state index contributed by atoms with van der Waals surface area (Å²) in [7, 11) is -3.77. The van der Waals surface area contributed by atoms with Gasteiger partial charge in [-0.05, 0) is 82.9 Å².